The van der Waals surface area contributed by atoms with Crippen LogP contribution in [0.5, 0.6) is 11.5 Å². The summed E-state index contributed by atoms with van der Waals surface area (Å²) in [6, 6.07) is 5.39. The van der Waals surface area contributed by atoms with Crippen LogP contribution in [-0.2, 0) is 80.2 Å². The van der Waals surface area contributed by atoms with Gasteiger partial charge < -0.3 is 87.5 Å². The van der Waals surface area contributed by atoms with Gasteiger partial charge in [-0.1, -0.05) is 23.7 Å². The summed E-state index contributed by atoms with van der Waals surface area (Å²) in [5.74, 6) is -9.13. The number of alkyl halides is 1. The number of aromatic nitrogens is 2. The van der Waals surface area contributed by atoms with E-state index in [1.807, 2.05) is 0 Å². The first-order chi connectivity index (χ1) is 44.6. The highest BCUT2D eigenvalue weighted by molar-refractivity contribution is 7.53. The first kappa shape index (κ1) is 75.9. The van der Waals surface area contributed by atoms with E-state index in [0.717, 1.165) is 41.6 Å². The van der Waals surface area contributed by atoms with Gasteiger partial charge in [-0.2, -0.15) is 0 Å². The molecule has 4 amide bonds. The molecule has 0 aliphatic carbocycles. The van der Waals surface area contributed by atoms with E-state index in [2.05, 4.69) is 20.1 Å². The average molecular weight is 1410 g/mol. The molecule has 95 heavy (non-hydrogen) atoms. The number of ether oxygens (including phenoxy) is 8. The summed E-state index contributed by atoms with van der Waals surface area (Å²) >= 11 is 5.06. The number of carbonyl (C=O) groups excluding carboxylic acids is 7. The van der Waals surface area contributed by atoms with E-state index in [1.54, 1.807) is 41.5 Å². The van der Waals surface area contributed by atoms with Crippen LogP contribution < -0.4 is 21.5 Å². The Morgan fingerprint density at radius 3 is 1.33 bits per heavy atom. The van der Waals surface area contributed by atoms with Gasteiger partial charge in [0.2, 0.25) is 24.4 Å². The van der Waals surface area contributed by atoms with Crippen LogP contribution in [0.25, 0.3) is 0 Å². The van der Waals surface area contributed by atoms with E-state index < -0.39 is 181 Å². The lowest BCUT2D eigenvalue weighted by Crippen LogP contribution is -2.56. The van der Waals surface area contributed by atoms with E-state index in [-0.39, 0.29) is 88.9 Å². The molecular formula is C57H69ClF4N6O25P2. The fraction of sp³-hybridized carbons (Fsp3) is 0.491. The van der Waals surface area contributed by atoms with E-state index in [9.17, 15) is 89.8 Å². The van der Waals surface area contributed by atoms with Crippen LogP contribution in [0.3, 0.4) is 0 Å². The predicted octanol–water partition coefficient (Wildman–Crippen LogP) is 5.85. The van der Waals surface area contributed by atoms with E-state index in [0.29, 0.717) is 18.6 Å². The Kier molecular flexibility index (Phi) is 26.4. The van der Waals surface area contributed by atoms with Crippen LogP contribution in [0.15, 0.2) is 58.4 Å². The van der Waals surface area contributed by atoms with Crippen molar-refractivity contribution in [2.24, 2.45) is 0 Å². The van der Waals surface area contributed by atoms with Crippen LogP contribution in [0.4, 0.5) is 31.9 Å². The number of fused-ring (bicyclic) bond motifs is 4. The molecule has 31 nitrogen and oxygen atoms in total. The number of nitrogens with one attached hydrogen (secondary N) is 2. The molecule has 2 saturated heterocycles. The molecule has 4 aliphatic rings. The highest BCUT2D eigenvalue weighted by atomic mass is 35.5. The van der Waals surface area contributed by atoms with Crippen molar-refractivity contribution in [1.82, 2.24) is 29.6 Å². The standard InChI is InChI=1S/C31H38F2N3O14P.C21H22F2N3O8P.C5H9ClO3/c1-18(2)49-29(41)45-16-47-51(43,48-17-46-30(42)50-19(3)4)10-8-35-14-31(7-9-44-15-31)36-13-22(25(37)26(38)24(36)28(35)40)27(39)34-12-20-5-6-21(32)11-23(20)33;22-13-2-1-12(15(23)7-13)8-24-19(29)14-9-26-16(18(28)17(14)27)20(30)25(4-6-35(31,32)33)10-21(26)3-5-34-11-21;1-4(2)9-5(7)8-3-6/h5-6,11,13,18-19,38H,7-10,12,14-17H2,1-4H3,(H,34,39);1-2,7,9,28H,3-6,8,10-11H2,(H,24,29)(H2,31,32,33);4H,3H2,1-2H3/t31-;21-;/m11./s1. The molecule has 2 fully saturated rings. The summed E-state index contributed by atoms with van der Waals surface area (Å²) in [7, 11) is -8.75. The third-order valence-corrected chi connectivity index (χ3v) is 16.9. The maximum Gasteiger partial charge on any atom is 0.510 e. The maximum atomic E-state index is 14.1. The third-order valence-electron chi connectivity index (χ3n) is 14.2. The molecule has 8 rings (SSSR count). The highest BCUT2D eigenvalue weighted by Crippen LogP contribution is 2.49. The van der Waals surface area contributed by atoms with Gasteiger partial charge >= 0.3 is 33.7 Å². The average Bonchev–Trinajstić information content (AvgIpc) is 1.72. The van der Waals surface area contributed by atoms with Gasteiger partial charge in [0.25, 0.3) is 23.6 Å². The van der Waals surface area contributed by atoms with Crippen LogP contribution in [0, 0.1) is 23.3 Å². The van der Waals surface area contributed by atoms with Gasteiger partial charge in [-0.25, -0.2) is 31.9 Å². The van der Waals surface area contributed by atoms with Gasteiger partial charge in [0.1, 0.15) is 34.4 Å². The van der Waals surface area contributed by atoms with Gasteiger partial charge in [-0.15, -0.1) is 0 Å². The number of halogens is 5. The molecule has 2 atom stereocenters. The zero-order valence-corrected chi connectivity index (χ0v) is 54.4. The molecule has 0 radical (unpaired) electrons. The molecule has 522 valence electrons. The second-order valence-electron chi connectivity index (χ2n) is 22.2. The summed E-state index contributed by atoms with van der Waals surface area (Å²) in [5, 5.41) is 26.4. The molecule has 2 aromatic carbocycles. The van der Waals surface area contributed by atoms with Crippen molar-refractivity contribution >= 4 is 68.9 Å². The quantitative estimate of drug-likeness (QED) is 0.0134. The molecule has 0 unspecified atom stereocenters. The normalized spacial score (nSPS) is 17.3. The Balaban J connectivity index is 0.000000279. The van der Waals surface area contributed by atoms with Crippen molar-refractivity contribution in [3.63, 3.8) is 0 Å². The Labute approximate surface area is 543 Å². The lowest BCUT2D eigenvalue weighted by Gasteiger charge is -2.43. The molecule has 6 heterocycles. The van der Waals surface area contributed by atoms with Crippen molar-refractivity contribution < 1.29 is 127 Å². The second kappa shape index (κ2) is 33.0. The van der Waals surface area contributed by atoms with Crippen molar-refractivity contribution in [2.75, 3.05) is 84.6 Å². The Bertz CT molecular complexity index is 3700. The zero-order valence-electron chi connectivity index (χ0n) is 51.8. The zero-order chi connectivity index (χ0) is 70.3. The number of carbonyl (C=O) groups is 7. The Morgan fingerprint density at radius 1 is 0.611 bits per heavy atom. The summed E-state index contributed by atoms with van der Waals surface area (Å²) in [5.41, 5.74) is -6.48. The number of hydrogen-bond acceptors (Lipinski definition) is 23. The van der Waals surface area contributed by atoms with Crippen LogP contribution in [0.2, 0.25) is 0 Å². The smallest absolute Gasteiger partial charge is 0.503 e. The molecule has 2 spiro atoms. The highest BCUT2D eigenvalue weighted by Gasteiger charge is 2.49. The lowest BCUT2D eigenvalue weighted by molar-refractivity contribution is -0.0305. The topological polar surface area (TPSA) is 401 Å². The van der Waals surface area contributed by atoms with Gasteiger partial charge in [-0.3, -0.25) is 46.9 Å². The number of nitrogens with zero attached hydrogens (tertiary/aromatic N) is 4. The molecule has 0 saturated carbocycles. The monoisotopic (exact) mass is 1410 g/mol. The molecule has 0 bridgehead atoms. The third kappa shape index (κ3) is 20.2. The van der Waals surface area contributed by atoms with E-state index in [1.165, 1.54) is 14.0 Å². The van der Waals surface area contributed by atoms with Gasteiger partial charge in [-0.05, 0) is 66.5 Å². The fourth-order valence-corrected chi connectivity index (χ4v) is 11.6. The number of amides is 4. The molecular weight excluding hydrogens is 1340 g/mol. The Hall–Kier alpha value is -8.14. The van der Waals surface area contributed by atoms with Crippen LogP contribution in [0.1, 0.15) is 107 Å². The number of hydrogen-bond donors (Lipinski definition) is 6. The van der Waals surface area contributed by atoms with Gasteiger partial charge in [0, 0.05) is 88.1 Å². The molecule has 4 aliphatic heterocycles. The second-order valence-corrected chi connectivity index (χ2v) is 26.4. The summed E-state index contributed by atoms with van der Waals surface area (Å²) in [6.45, 7) is 6.86. The summed E-state index contributed by atoms with van der Waals surface area (Å²) in [4.78, 5) is 133. The summed E-state index contributed by atoms with van der Waals surface area (Å²) < 4.78 is 132. The number of benzene rings is 2. The van der Waals surface area contributed by atoms with Crippen LogP contribution >= 0.6 is 26.8 Å². The minimum atomic E-state index is -4.42. The number of rotatable bonds is 22. The van der Waals surface area contributed by atoms with Crippen molar-refractivity contribution in [1.29, 1.82) is 0 Å². The number of aromatic hydroxyl groups is 2. The van der Waals surface area contributed by atoms with E-state index >= 15 is 0 Å². The minimum Gasteiger partial charge on any atom is -0.503 e. The first-order valence-corrected chi connectivity index (χ1v) is 32.8. The van der Waals surface area contributed by atoms with Gasteiger partial charge in [0.05, 0.1) is 54.9 Å². The predicted molar refractivity (Wildman–Crippen MR) is 319 cm³/mol. The van der Waals surface area contributed by atoms with Gasteiger partial charge in [0.15, 0.2) is 29.0 Å². The van der Waals surface area contributed by atoms with Crippen molar-refractivity contribution in [2.45, 2.75) is 96.9 Å². The molecule has 6 N–H and O–H groups in total. The molecule has 4 aromatic rings. The lowest BCUT2D eigenvalue weighted by atomic mass is 9.92. The van der Waals surface area contributed by atoms with Crippen molar-refractivity contribution in [3.05, 3.63) is 126 Å². The number of pyridine rings is 2. The first-order valence-electron chi connectivity index (χ1n) is 28.8. The summed E-state index contributed by atoms with van der Waals surface area (Å²) in [6.07, 6.45) is -2.51. The van der Waals surface area contributed by atoms with Crippen LogP contribution in [-0.4, -0.2) is 184 Å². The van der Waals surface area contributed by atoms with Crippen molar-refractivity contribution in [3.8, 4) is 11.5 Å². The fourth-order valence-electron chi connectivity index (χ4n) is 9.74. The minimum absolute atomic E-state index is 0.0177. The maximum absolute atomic E-state index is 14.1. The Morgan fingerprint density at radius 2 is 0.989 bits per heavy atom. The molecule has 38 heteroatoms. The largest absolute Gasteiger partial charge is 0.510 e. The SMILES string of the molecule is CC(C)OC(=O)OCCl.CC(C)OC(=O)OCOP(=O)(CCN1C[C@@]2(CCOC2)n2cc(C(=O)NCc3ccc(F)cc3F)c(=O)c(O)c2C1=O)OCOC(=O)OC(C)C.O=C(NCc1ccc(F)cc1F)c1cn2c(c(O)c1=O)C(=O)N(CCP(=O)(O)O)C[C@@]21CCOC1. The molecule has 2 aromatic heterocycles. The van der Waals surface area contributed by atoms with E-state index in [4.69, 9.17) is 49.1 Å².